The first-order valence-electron chi connectivity index (χ1n) is 7.30. The summed E-state index contributed by atoms with van der Waals surface area (Å²) in [5.41, 5.74) is 6.15. The van der Waals surface area contributed by atoms with Crippen molar-refractivity contribution in [3.63, 3.8) is 0 Å². The lowest BCUT2D eigenvalue weighted by Crippen LogP contribution is -2.42. The summed E-state index contributed by atoms with van der Waals surface area (Å²) < 4.78 is 5.46. The van der Waals surface area contributed by atoms with Crippen molar-refractivity contribution in [3.05, 3.63) is 11.7 Å². The predicted molar refractivity (Wildman–Crippen MR) is 69.0 cm³/mol. The highest BCUT2D eigenvalue weighted by Crippen LogP contribution is 2.38. The predicted octanol–water partition coefficient (Wildman–Crippen LogP) is 3.09. The summed E-state index contributed by atoms with van der Waals surface area (Å²) in [4.78, 5) is 4.62. The van der Waals surface area contributed by atoms with Crippen LogP contribution in [0.3, 0.4) is 0 Å². The van der Waals surface area contributed by atoms with Gasteiger partial charge in [0.25, 0.3) is 0 Å². The normalized spacial score (nSPS) is 34.0. The van der Waals surface area contributed by atoms with Crippen LogP contribution >= 0.6 is 0 Å². The molecule has 4 nitrogen and oxygen atoms in total. The Hall–Kier alpha value is -0.900. The van der Waals surface area contributed by atoms with Crippen molar-refractivity contribution in [2.45, 2.75) is 69.7 Å². The Labute approximate surface area is 108 Å². The van der Waals surface area contributed by atoms with Crippen LogP contribution in [0.4, 0.5) is 0 Å². The van der Waals surface area contributed by atoms with Gasteiger partial charge in [-0.05, 0) is 31.6 Å². The lowest BCUT2D eigenvalue weighted by atomic mass is 9.76. The number of hydrogen-bond donors (Lipinski definition) is 1. The molecular formula is C14H23N3O. The van der Waals surface area contributed by atoms with E-state index < -0.39 is 0 Å². The van der Waals surface area contributed by atoms with Gasteiger partial charge in [0, 0.05) is 5.92 Å². The van der Waals surface area contributed by atoms with Crippen molar-refractivity contribution in [3.8, 4) is 0 Å². The van der Waals surface area contributed by atoms with Gasteiger partial charge in [-0.15, -0.1) is 0 Å². The van der Waals surface area contributed by atoms with Crippen LogP contribution in [-0.2, 0) is 5.54 Å². The molecule has 1 aromatic rings. The first-order chi connectivity index (χ1) is 8.67. The second-order valence-electron chi connectivity index (χ2n) is 6.30. The lowest BCUT2D eigenvalue weighted by molar-refractivity contribution is 0.221. The van der Waals surface area contributed by atoms with E-state index in [9.17, 15) is 0 Å². The highest BCUT2D eigenvalue weighted by atomic mass is 16.5. The van der Waals surface area contributed by atoms with Gasteiger partial charge < -0.3 is 10.3 Å². The molecule has 2 fully saturated rings. The van der Waals surface area contributed by atoms with Gasteiger partial charge in [0.15, 0.2) is 5.82 Å². The molecule has 2 N–H and O–H groups in total. The molecule has 4 heteroatoms. The molecule has 0 aromatic carbocycles. The number of nitrogens with zero attached hydrogens (tertiary/aromatic N) is 2. The van der Waals surface area contributed by atoms with Crippen LogP contribution in [0.5, 0.6) is 0 Å². The molecule has 2 aliphatic rings. The Morgan fingerprint density at radius 3 is 2.72 bits per heavy atom. The number of rotatable bonds is 2. The molecule has 100 valence electrons. The smallest absolute Gasteiger partial charge is 0.229 e. The van der Waals surface area contributed by atoms with Crippen molar-refractivity contribution < 1.29 is 4.52 Å². The lowest BCUT2D eigenvalue weighted by Gasteiger charge is -2.33. The maximum atomic E-state index is 6.50. The van der Waals surface area contributed by atoms with Gasteiger partial charge in [-0.1, -0.05) is 37.8 Å². The Morgan fingerprint density at radius 2 is 2.00 bits per heavy atom. The summed E-state index contributed by atoms with van der Waals surface area (Å²) in [5, 5.41) is 4.18. The maximum absolute atomic E-state index is 6.50. The zero-order valence-corrected chi connectivity index (χ0v) is 11.2. The third kappa shape index (κ3) is 2.18. The minimum Gasteiger partial charge on any atom is -0.339 e. The molecule has 18 heavy (non-hydrogen) atoms. The summed E-state index contributed by atoms with van der Waals surface area (Å²) in [6, 6.07) is 0. The highest BCUT2D eigenvalue weighted by molar-refractivity contribution is 5.08. The second-order valence-corrected chi connectivity index (χ2v) is 6.30. The van der Waals surface area contributed by atoms with E-state index in [2.05, 4.69) is 17.1 Å². The average Bonchev–Trinajstić information content (AvgIpc) is 3.00. The fraction of sp³-hybridized carbons (Fsp3) is 0.857. The highest BCUT2D eigenvalue weighted by Gasteiger charge is 2.37. The minimum atomic E-state index is -0.349. The van der Waals surface area contributed by atoms with Crippen molar-refractivity contribution in [1.82, 2.24) is 10.1 Å². The van der Waals surface area contributed by atoms with E-state index in [0.29, 0.717) is 11.8 Å². The van der Waals surface area contributed by atoms with E-state index in [4.69, 9.17) is 10.3 Å². The van der Waals surface area contributed by atoms with E-state index in [0.717, 1.165) is 24.6 Å². The molecule has 0 aliphatic heterocycles. The third-order valence-corrected chi connectivity index (χ3v) is 4.62. The molecule has 2 atom stereocenters. The molecule has 1 aromatic heterocycles. The van der Waals surface area contributed by atoms with E-state index in [1.807, 2.05) is 0 Å². The monoisotopic (exact) mass is 249 g/mol. The van der Waals surface area contributed by atoms with Crippen molar-refractivity contribution in [1.29, 1.82) is 0 Å². The molecule has 2 unspecified atom stereocenters. The van der Waals surface area contributed by atoms with Gasteiger partial charge in [0.05, 0.1) is 5.54 Å². The van der Waals surface area contributed by atoms with Gasteiger partial charge in [0.1, 0.15) is 0 Å². The van der Waals surface area contributed by atoms with E-state index in [-0.39, 0.29) is 5.54 Å². The molecular weight excluding hydrogens is 226 g/mol. The largest absolute Gasteiger partial charge is 0.339 e. The Balaban J connectivity index is 1.79. The van der Waals surface area contributed by atoms with Gasteiger partial charge in [-0.25, -0.2) is 0 Å². The molecule has 0 amide bonds. The molecule has 2 saturated carbocycles. The van der Waals surface area contributed by atoms with Crippen LogP contribution in [-0.4, -0.2) is 10.1 Å². The molecule has 1 heterocycles. The van der Waals surface area contributed by atoms with E-state index in [1.54, 1.807) is 0 Å². The fourth-order valence-electron chi connectivity index (χ4n) is 3.57. The molecule has 0 bridgehead atoms. The molecule has 0 saturated heterocycles. The first kappa shape index (κ1) is 12.2. The summed E-state index contributed by atoms with van der Waals surface area (Å²) >= 11 is 0. The van der Waals surface area contributed by atoms with Crippen LogP contribution < -0.4 is 5.73 Å². The average molecular weight is 249 g/mol. The van der Waals surface area contributed by atoms with Gasteiger partial charge >= 0.3 is 0 Å². The maximum Gasteiger partial charge on any atom is 0.229 e. The van der Waals surface area contributed by atoms with Gasteiger partial charge in [-0.2, -0.15) is 4.98 Å². The molecule has 2 aliphatic carbocycles. The summed E-state index contributed by atoms with van der Waals surface area (Å²) in [6.45, 7) is 2.26. The van der Waals surface area contributed by atoms with Gasteiger partial charge in [-0.3, -0.25) is 0 Å². The zero-order chi connectivity index (χ0) is 12.6. The van der Waals surface area contributed by atoms with Crippen molar-refractivity contribution in [2.75, 3.05) is 0 Å². The number of nitrogens with two attached hydrogens (primary N) is 1. The SMILES string of the molecule is CC1CCCC(N)(c2noc(C3CCCC3)n2)C1. The topological polar surface area (TPSA) is 64.9 Å². The van der Waals surface area contributed by atoms with Crippen molar-refractivity contribution in [2.24, 2.45) is 11.7 Å². The van der Waals surface area contributed by atoms with Crippen LogP contribution in [0.15, 0.2) is 4.52 Å². The molecule has 0 spiro atoms. The van der Waals surface area contributed by atoms with E-state index in [1.165, 1.54) is 38.5 Å². The van der Waals surface area contributed by atoms with Gasteiger partial charge in [0.2, 0.25) is 5.89 Å². The quantitative estimate of drug-likeness (QED) is 0.874. The van der Waals surface area contributed by atoms with Crippen molar-refractivity contribution >= 4 is 0 Å². The van der Waals surface area contributed by atoms with E-state index >= 15 is 0 Å². The first-order valence-corrected chi connectivity index (χ1v) is 7.30. The standard InChI is InChI=1S/C14H23N3O/c1-10-5-4-8-14(15,9-10)13-16-12(18-17-13)11-6-2-3-7-11/h10-11H,2-9,15H2,1H3. The Morgan fingerprint density at radius 1 is 1.22 bits per heavy atom. The second kappa shape index (κ2) is 4.65. The summed E-state index contributed by atoms with van der Waals surface area (Å²) in [5.74, 6) is 2.72. The van der Waals surface area contributed by atoms with Crippen LogP contribution in [0.25, 0.3) is 0 Å². The minimum absolute atomic E-state index is 0.349. The molecule has 0 radical (unpaired) electrons. The third-order valence-electron chi connectivity index (χ3n) is 4.62. The van der Waals surface area contributed by atoms with Crippen LogP contribution in [0.2, 0.25) is 0 Å². The van der Waals surface area contributed by atoms with Crippen LogP contribution in [0, 0.1) is 5.92 Å². The summed E-state index contributed by atoms with van der Waals surface area (Å²) in [7, 11) is 0. The zero-order valence-electron chi connectivity index (χ0n) is 11.2. The molecule has 3 rings (SSSR count). The number of aromatic nitrogens is 2. The number of hydrogen-bond acceptors (Lipinski definition) is 4. The fourth-order valence-corrected chi connectivity index (χ4v) is 3.57. The van der Waals surface area contributed by atoms with Crippen LogP contribution in [0.1, 0.15) is 75.9 Å². The summed E-state index contributed by atoms with van der Waals surface area (Å²) in [6.07, 6.45) is 9.36. The Kier molecular flexibility index (Phi) is 3.14. The Bertz CT molecular complexity index is 411.